The lowest BCUT2D eigenvalue weighted by Crippen LogP contribution is -2.34. The fourth-order valence-corrected chi connectivity index (χ4v) is 4.99. The lowest BCUT2D eigenvalue weighted by atomic mass is 10.1. The molecule has 0 amide bonds. The molecule has 1 fully saturated rings. The van der Waals surface area contributed by atoms with Gasteiger partial charge in [0, 0.05) is 39.5 Å². The van der Waals surface area contributed by atoms with E-state index in [0.717, 1.165) is 35.1 Å². The van der Waals surface area contributed by atoms with E-state index in [1.54, 1.807) is 0 Å². The van der Waals surface area contributed by atoms with Gasteiger partial charge in [-0.3, -0.25) is 9.88 Å². The number of thioether (sulfide) groups is 1. The second-order valence-corrected chi connectivity index (χ2v) is 8.91. The summed E-state index contributed by atoms with van der Waals surface area (Å²) in [5.74, 6) is 0. The highest BCUT2D eigenvalue weighted by Crippen LogP contribution is 2.37. The summed E-state index contributed by atoms with van der Waals surface area (Å²) in [6, 6.07) is 14.4. The van der Waals surface area contributed by atoms with Gasteiger partial charge in [-0.05, 0) is 67.2 Å². The molecule has 0 radical (unpaired) electrons. The maximum absolute atomic E-state index is 6.50. The molecule has 4 rings (SSSR count). The summed E-state index contributed by atoms with van der Waals surface area (Å²) < 4.78 is 0. The Hall–Kier alpha value is -0.970. The predicted molar refractivity (Wildman–Crippen MR) is 120 cm³/mol. The number of nitrogens with zero attached hydrogens (tertiary/aromatic N) is 2. The number of likely N-dealkylation sites (tertiary alicyclic amines) is 1. The minimum Gasteiger partial charge on any atom is -0.299 e. The van der Waals surface area contributed by atoms with Gasteiger partial charge < -0.3 is 0 Å². The van der Waals surface area contributed by atoms with Crippen molar-refractivity contribution in [3.8, 4) is 0 Å². The molecule has 0 spiro atoms. The van der Waals surface area contributed by atoms with E-state index < -0.39 is 0 Å². The number of hydrogen-bond donors (Lipinski definition) is 0. The maximum atomic E-state index is 6.50. The van der Waals surface area contributed by atoms with Gasteiger partial charge in [0.05, 0.1) is 5.02 Å². The molecule has 0 N–H and O–H groups in total. The molecule has 3 aromatic rings. The summed E-state index contributed by atoms with van der Waals surface area (Å²) in [6.07, 6.45) is 6.07. The standard InChI is InChI=1S/C21H20Cl2N2S.ClH/c22-18-3-1-15(2-4-18)14-25-9-6-19(7-10-25)26-21-12-16-5-8-24-13-17(16)11-20(21)23;/h1-5,8,11-13,19H,6-7,9-10,14H2;1H. The fraction of sp³-hybridized carbons (Fsp3) is 0.286. The molecular weight excluding hydrogens is 419 g/mol. The Bertz CT molecular complexity index is 894. The van der Waals surface area contributed by atoms with Crippen LogP contribution in [0, 0.1) is 0 Å². The molecule has 142 valence electrons. The van der Waals surface area contributed by atoms with E-state index in [-0.39, 0.29) is 12.4 Å². The number of benzene rings is 2. The summed E-state index contributed by atoms with van der Waals surface area (Å²) >= 11 is 14.4. The average Bonchev–Trinajstić information content (AvgIpc) is 2.66. The maximum Gasteiger partial charge on any atom is 0.0548 e. The van der Waals surface area contributed by atoms with Crippen molar-refractivity contribution in [2.75, 3.05) is 13.1 Å². The molecule has 0 atom stereocenters. The first-order valence-electron chi connectivity index (χ1n) is 8.84. The molecule has 0 unspecified atom stereocenters. The SMILES string of the molecule is Cl.Clc1ccc(CN2CCC(Sc3cc4ccncc4cc3Cl)CC2)cc1. The van der Waals surface area contributed by atoms with Gasteiger partial charge in [0.25, 0.3) is 0 Å². The van der Waals surface area contributed by atoms with Gasteiger partial charge in [0.2, 0.25) is 0 Å². The Labute approximate surface area is 180 Å². The second-order valence-electron chi connectivity index (χ2n) is 6.73. The summed E-state index contributed by atoms with van der Waals surface area (Å²) in [6.45, 7) is 3.24. The number of pyridine rings is 1. The monoisotopic (exact) mass is 438 g/mol. The van der Waals surface area contributed by atoms with E-state index in [1.807, 2.05) is 48.4 Å². The molecule has 27 heavy (non-hydrogen) atoms. The van der Waals surface area contributed by atoms with Gasteiger partial charge in [0.1, 0.15) is 0 Å². The number of fused-ring (bicyclic) bond motifs is 1. The highest BCUT2D eigenvalue weighted by molar-refractivity contribution is 8.00. The van der Waals surface area contributed by atoms with Crippen LogP contribution in [0.5, 0.6) is 0 Å². The van der Waals surface area contributed by atoms with Crippen LogP contribution in [0.15, 0.2) is 59.8 Å². The second kappa shape index (κ2) is 9.49. The molecule has 0 saturated carbocycles. The first-order chi connectivity index (χ1) is 12.7. The number of rotatable bonds is 4. The van der Waals surface area contributed by atoms with E-state index in [9.17, 15) is 0 Å². The van der Waals surface area contributed by atoms with Crippen LogP contribution in [0.1, 0.15) is 18.4 Å². The molecule has 0 aliphatic carbocycles. The first kappa shape index (κ1) is 20.8. The molecule has 1 aromatic heterocycles. The number of aromatic nitrogens is 1. The van der Waals surface area contributed by atoms with Crippen molar-refractivity contribution < 1.29 is 0 Å². The number of piperidine rings is 1. The van der Waals surface area contributed by atoms with Crippen LogP contribution in [0.25, 0.3) is 10.8 Å². The Morgan fingerprint density at radius 2 is 1.74 bits per heavy atom. The van der Waals surface area contributed by atoms with Crippen LogP contribution in [0.3, 0.4) is 0 Å². The Morgan fingerprint density at radius 3 is 2.48 bits per heavy atom. The van der Waals surface area contributed by atoms with E-state index in [4.69, 9.17) is 23.2 Å². The van der Waals surface area contributed by atoms with Gasteiger partial charge in [-0.2, -0.15) is 0 Å². The van der Waals surface area contributed by atoms with Gasteiger partial charge >= 0.3 is 0 Å². The van der Waals surface area contributed by atoms with Crippen LogP contribution >= 0.6 is 47.4 Å². The van der Waals surface area contributed by atoms with Crippen molar-refractivity contribution in [1.29, 1.82) is 0 Å². The predicted octanol–water partition coefficient (Wildman–Crippen LogP) is 6.72. The third kappa shape index (κ3) is 5.30. The Balaban J connectivity index is 0.00000210. The molecular formula is C21H21Cl3N2S. The van der Waals surface area contributed by atoms with Crippen LogP contribution in [-0.2, 0) is 6.54 Å². The van der Waals surface area contributed by atoms with Crippen molar-refractivity contribution in [2.24, 2.45) is 0 Å². The first-order valence-corrected chi connectivity index (χ1v) is 10.5. The number of hydrogen-bond acceptors (Lipinski definition) is 3. The van der Waals surface area contributed by atoms with Crippen LogP contribution < -0.4 is 0 Å². The molecule has 2 nitrogen and oxygen atoms in total. The van der Waals surface area contributed by atoms with Crippen LogP contribution in [0.4, 0.5) is 0 Å². The van der Waals surface area contributed by atoms with Crippen LogP contribution in [-0.4, -0.2) is 28.2 Å². The van der Waals surface area contributed by atoms with Crippen LogP contribution in [0.2, 0.25) is 10.0 Å². The van der Waals surface area contributed by atoms with E-state index in [1.165, 1.54) is 28.7 Å². The van der Waals surface area contributed by atoms with Crippen molar-refractivity contribution in [1.82, 2.24) is 9.88 Å². The highest BCUT2D eigenvalue weighted by Gasteiger charge is 2.21. The molecule has 1 aliphatic rings. The van der Waals surface area contributed by atoms with E-state index in [0.29, 0.717) is 5.25 Å². The zero-order valence-electron chi connectivity index (χ0n) is 14.8. The van der Waals surface area contributed by atoms with Gasteiger partial charge in [0.15, 0.2) is 0 Å². The minimum absolute atomic E-state index is 0. The third-order valence-corrected chi connectivity index (χ3v) is 6.91. The zero-order valence-corrected chi connectivity index (χ0v) is 17.9. The topological polar surface area (TPSA) is 16.1 Å². The van der Waals surface area contributed by atoms with Crippen molar-refractivity contribution >= 4 is 58.1 Å². The molecule has 2 aromatic carbocycles. The molecule has 1 aliphatic heterocycles. The number of halogens is 3. The molecule has 2 heterocycles. The third-order valence-electron chi connectivity index (χ3n) is 4.84. The van der Waals surface area contributed by atoms with Crippen molar-refractivity contribution in [3.63, 3.8) is 0 Å². The van der Waals surface area contributed by atoms with Crippen molar-refractivity contribution in [2.45, 2.75) is 29.5 Å². The largest absolute Gasteiger partial charge is 0.299 e. The Kier molecular flexibility index (Phi) is 7.29. The summed E-state index contributed by atoms with van der Waals surface area (Å²) in [5.41, 5.74) is 1.33. The van der Waals surface area contributed by atoms with E-state index >= 15 is 0 Å². The van der Waals surface area contributed by atoms with Gasteiger partial charge in [-0.1, -0.05) is 35.3 Å². The average molecular weight is 440 g/mol. The lowest BCUT2D eigenvalue weighted by molar-refractivity contribution is 0.225. The quantitative estimate of drug-likeness (QED) is 0.449. The summed E-state index contributed by atoms with van der Waals surface area (Å²) in [7, 11) is 0. The van der Waals surface area contributed by atoms with Gasteiger partial charge in [-0.25, -0.2) is 0 Å². The summed E-state index contributed by atoms with van der Waals surface area (Å²) in [5, 5.41) is 4.55. The highest BCUT2D eigenvalue weighted by atomic mass is 35.5. The molecule has 1 saturated heterocycles. The fourth-order valence-electron chi connectivity index (χ4n) is 3.39. The smallest absolute Gasteiger partial charge is 0.0548 e. The summed E-state index contributed by atoms with van der Waals surface area (Å²) in [4.78, 5) is 7.87. The normalized spacial score (nSPS) is 15.6. The van der Waals surface area contributed by atoms with Crippen molar-refractivity contribution in [3.05, 3.63) is 70.5 Å². The molecule has 0 bridgehead atoms. The van der Waals surface area contributed by atoms with E-state index in [2.05, 4.69) is 28.1 Å². The molecule has 6 heteroatoms. The van der Waals surface area contributed by atoms with Gasteiger partial charge in [-0.15, -0.1) is 24.2 Å². The zero-order chi connectivity index (χ0) is 17.9. The minimum atomic E-state index is 0. The Morgan fingerprint density at radius 1 is 1.00 bits per heavy atom. The lowest BCUT2D eigenvalue weighted by Gasteiger charge is -2.31.